The van der Waals surface area contributed by atoms with Crippen molar-refractivity contribution in [3.63, 3.8) is 0 Å². The van der Waals surface area contributed by atoms with E-state index >= 15 is 0 Å². The third-order valence-corrected chi connectivity index (χ3v) is 2.34. The number of rotatable bonds is 6. The van der Waals surface area contributed by atoms with E-state index in [0.29, 0.717) is 36.2 Å². The minimum absolute atomic E-state index is 0.379. The van der Waals surface area contributed by atoms with Crippen molar-refractivity contribution in [1.82, 2.24) is 0 Å². The van der Waals surface area contributed by atoms with Gasteiger partial charge < -0.3 is 14.2 Å². The molecular formula is C12H15ClO4. The molecule has 0 aromatic heterocycles. The second-order valence-electron chi connectivity index (χ2n) is 3.18. The maximum atomic E-state index is 11.2. The lowest BCUT2D eigenvalue weighted by Gasteiger charge is -2.08. The maximum Gasteiger partial charge on any atom is 0.337 e. The number of ether oxygens (including phenoxy) is 3. The molecule has 0 amide bonds. The normalized spacial score (nSPS) is 10.1. The zero-order valence-corrected chi connectivity index (χ0v) is 10.6. The molecule has 0 N–H and O–H groups in total. The van der Waals surface area contributed by atoms with Gasteiger partial charge in [-0.15, -0.1) is 0 Å². The third-order valence-electron chi connectivity index (χ3n) is 2.04. The Bertz CT molecular complexity index is 379. The van der Waals surface area contributed by atoms with E-state index in [1.807, 2.05) is 6.92 Å². The Hall–Kier alpha value is -1.26. The van der Waals surface area contributed by atoms with E-state index in [0.717, 1.165) is 0 Å². The molecule has 1 rings (SSSR count). The molecule has 0 bridgehead atoms. The van der Waals surface area contributed by atoms with Gasteiger partial charge in [-0.1, -0.05) is 11.6 Å². The van der Waals surface area contributed by atoms with E-state index in [4.69, 9.17) is 21.1 Å². The first kappa shape index (κ1) is 13.8. The van der Waals surface area contributed by atoms with Crippen LogP contribution in [-0.4, -0.2) is 32.9 Å². The topological polar surface area (TPSA) is 44.8 Å². The minimum Gasteiger partial charge on any atom is -0.490 e. The molecule has 5 heteroatoms. The zero-order chi connectivity index (χ0) is 12.7. The van der Waals surface area contributed by atoms with Gasteiger partial charge in [-0.05, 0) is 25.1 Å². The van der Waals surface area contributed by atoms with Crippen LogP contribution in [0.2, 0.25) is 5.02 Å². The van der Waals surface area contributed by atoms with Crippen LogP contribution in [0.3, 0.4) is 0 Å². The highest BCUT2D eigenvalue weighted by Gasteiger charge is 2.09. The van der Waals surface area contributed by atoms with Gasteiger partial charge in [0.05, 0.1) is 24.3 Å². The number of benzene rings is 1. The van der Waals surface area contributed by atoms with Crippen LogP contribution in [0.25, 0.3) is 0 Å². The molecular weight excluding hydrogens is 244 g/mol. The summed E-state index contributed by atoms with van der Waals surface area (Å²) in [5.74, 6) is 0.104. The summed E-state index contributed by atoms with van der Waals surface area (Å²) in [6.07, 6.45) is 0. The van der Waals surface area contributed by atoms with E-state index in [1.54, 1.807) is 12.1 Å². The Balaban J connectivity index is 2.60. The van der Waals surface area contributed by atoms with Gasteiger partial charge in [0.25, 0.3) is 0 Å². The highest BCUT2D eigenvalue weighted by atomic mass is 35.5. The van der Waals surface area contributed by atoms with Crippen LogP contribution in [0, 0.1) is 0 Å². The quantitative estimate of drug-likeness (QED) is 0.581. The van der Waals surface area contributed by atoms with Crippen LogP contribution in [0.5, 0.6) is 5.75 Å². The van der Waals surface area contributed by atoms with Gasteiger partial charge in [0.2, 0.25) is 0 Å². The lowest BCUT2D eigenvalue weighted by Crippen LogP contribution is -2.07. The van der Waals surface area contributed by atoms with E-state index in [1.165, 1.54) is 13.2 Å². The van der Waals surface area contributed by atoms with Crippen LogP contribution >= 0.6 is 11.6 Å². The van der Waals surface area contributed by atoms with Crippen LogP contribution in [0.15, 0.2) is 18.2 Å². The molecule has 0 fully saturated rings. The first-order valence-corrected chi connectivity index (χ1v) is 5.65. The van der Waals surface area contributed by atoms with Crippen molar-refractivity contribution in [3.05, 3.63) is 28.8 Å². The highest BCUT2D eigenvalue weighted by molar-refractivity contribution is 6.32. The Morgan fingerprint density at radius 2 is 2.12 bits per heavy atom. The number of hydrogen-bond donors (Lipinski definition) is 0. The molecule has 0 atom stereocenters. The second kappa shape index (κ2) is 7.14. The van der Waals surface area contributed by atoms with Crippen molar-refractivity contribution in [3.8, 4) is 5.75 Å². The molecule has 0 saturated heterocycles. The van der Waals surface area contributed by atoms with E-state index in [2.05, 4.69) is 4.74 Å². The fraction of sp³-hybridized carbons (Fsp3) is 0.417. The SMILES string of the molecule is CCOCCOc1ccc(C(=O)OC)cc1Cl. The minimum atomic E-state index is -0.423. The number of carbonyl (C=O) groups excluding carboxylic acids is 1. The van der Waals surface area contributed by atoms with E-state index in [9.17, 15) is 4.79 Å². The number of halogens is 1. The standard InChI is InChI=1S/C12H15ClO4/c1-3-16-6-7-17-11-5-4-9(8-10(11)13)12(14)15-2/h4-5,8H,3,6-7H2,1-2H3. The number of methoxy groups -OCH3 is 1. The summed E-state index contributed by atoms with van der Waals surface area (Å²) in [6.45, 7) is 3.49. The van der Waals surface area contributed by atoms with E-state index in [-0.39, 0.29) is 0 Å². The fourth-order valence-corrected chi connectivity index (χ4v) is 1.45. The van der Waals surface area contributed by atoms with E-state index < -0.39 is 5.97 Å². The summed E-state index contributed by atoms with van der Waals surface area (Å²) in [7, 11) is 1.32. The van der Waals surface area contributed by atoms with Crippen LogP contribution in [0.4, 0.5) is 0 Å². The average molecular weight is 259 g/mol. The summed E-state index contributed by atoms with van der Waals surface area (Å²) in [4.78, 5) is 11.2. The van der Waals surface area contributed by atoms with Gasteiger partial charge in [0, 0.05) is 6.61 Å². The molecule has 0 aliphatic rings. The summed E-state index contributed by atoms with van der Waals surface area (Å²) in [5, 5.41) is 0.379. The first-order chi connectivity index (χ1) is 8.19. The summed E-state index contributed by atoms with van der Waals surface area (Å²) in [5.41, 5.74) is 0.398. The van der Waals surface area contributed by atoms with Gasteiger partial charge in [0.1, 0.15) is 12.4 Å². The van der Waals surface area contributed by atoms with Gasteiger partial charge in [-0.2, -0.15) is 0 Å². The molecule has 1 aromatic rings. The van der Waals surface area contributed by atoms with Crippen molar-refractivity contribution < 1.29 is 19.0 Å². The van der Waals surface area contributed by atoms with Gasteiger partial charge in [-0.25, -0.2) is 4.79 Å². The van der Waals surface area contributed by atoms with Crippen molar-refractivity contribution in [2.45, 2.75) is 6.92 Å². The van der Waals surface area contributed by atoms with Gasteiger partial charge >= 0.3 is 5.97 Å². The zero-order valence-electron chi connectivity index (χ0n) is 9.86. The first-order valence-electron chi connectivity index (χ1n) is 5.27. The Kier molecular flexibility index (Phi) is 5.80. The van der Waals surface area contributed by atoms with Crippen LogP contribution in [-0.2, 0) is 9.47 Å². The number of carbonyl (C=O) groups is 1. The van der Waals surface area contributed by atoms with Crippen molar-refractivity contribution in [2.75, 3.05) is 26.9 Å². The molecule has 1 aromatic carbocycles. The Labute approximate surface area is 105 Å². The maximum absolute atomic E-state index is 11.2. The lowest BCUT2D eigenvalue weighted by molar-refractivity contribution is 0.0600. The molecule has 94 valence electrons. The average Bonchev–Trinajstić information content (AvgIpc) is 2.35. The van der Waals surface area contributed by atoms with Crippen molar-refractivity contribution >= 4 is 17.6 Å². The Morgan fingerprint density at radius 3 is 2.71 bits per heavy atom. The van der Waals surface area contributed by atoms with Crippen LogP contribution < -0.4 is 4.74 Å². The van der Waals surface area contributed by atoms with Gasteiger partial charge in [0.15, 0.2) is 0 Å². The number of esters is 1. The summed E-state index contributed by atoms with van der Waals surface area (Å²) < 4.78 is 15.1. The van der Waals surface area contributed by atoms with Gasteiger partial charge in [-0.3, -0.25) is 0 Å². The highest BCUT2D eigenvalue weighted by Crippen LogP contribution is 2.25. The predicted octanol–water partition coefficient (Wildman–Crippen LogP) is 2.54. The lowest BCUT2D eigenvalue weighted by atomic mass is 10.2. The summed E-state index contributed by atoms with van der Waals surface area (Å²) in [6, 6.07) is 4.76. The number of hydrogen-bond acceptors (Lipinski definition) is 4. The molecule has 0 saturated carbocycles. The largest absolute Gasteiger partial charge is 0.490 e. The molecule has 0 heterocycles. The van der Waals surface area contributed by atoms with Crippen LogP contribution in [0.1, 0.15) is 17.3 Å². The molecule has 0 spiro atoms. The molecule has 17 heavy (non-hydrogen) atoms. The Morgan fingerprint density at radius 1 is 1.35 bits per heavy atom. The van der Waals surface area contributed by atoms with Crippen molar-refractivity contribution in [1.29, 1.82) is 0 Å². The fourth-order valence-electron chi connectivity index (χ4n) is 1.22. The molecule has 0 radical (unpaired) electrons. The molecule has 0 aliphatic heterocycles. The molecule has 0 unspecified atom stereocenters. The third kappa shape index (κ3) is 4.24. The van der Waals surface area contributed by atoms with Crippen molar-refractivity contribution in [2.24, 2.45) is 0 Å². The second-order valence-corrected chi connectivity index (χ2v) is 3.59. The monoisotopic (exact) mass is 258 g/mol. The predicted molar refractivity (Wildman–Crippen MR) is 64.8 cm³/mol. The summed E-state index contributed by atoms with van der Waals surface area (Å²) >= 11 is 5.97. The molecule has 4 nitrogen and oxygen atoms in total. The molecule has 0 aliphatic carbocycles. The smallest absolute Gasteiger partial charge is 0.337 e.